The molecule has 3 heterocycles. The summed E-state index contributed by atoms with van der Waals surface area (Å²) in [4.78, 5) is 42.3. The quantitative estimate of drug-likeness (QED) is 0.315. The van der Waals surface area contributed by atoms with E-state index in [4.69, 9.17) is 18.9 Å². The minimum absolute atomic E-state index is 0.0568. The summed E-state index contributed by atoms with van der Waals surface area (Å²) in [6.45, 7) is 5.12. The molecule has 2 aliphatic heterocycles. The predicted octanol–water partition coefficient (Wildman–Crippen LogP) is 4.95. The molecule has 0 radical (unpaired) electrons. The first-order valence-electron chi connectivity index (χ1n) is 14.1. The SMILES string of the molecule is CCOC(=O)C1=C(C=O)/C(=C2\CCC(=O)[C@H](c3ccc4[nH]ccc4c3)C2)c2c(cc3c(c2OC)C[C@@H](C(C)(C)O)O3)O1. The molecule has 2 aromatic carbocycles. The summed E-state index contributed by atoms with van der Waals surface area (Å²) in [6, 6.07) is 9.57. The Morgan fingerprint density at radius 2 is 1.98 bits per heavy atom. The molecule has 9 nitrogen and oxygen atoms in total. The number of hydrogen-bond acceptors (Lipinski definition) is 8. The van der Waals surface area contributed by atoms with E-state index in [-0.39, 0.29) is 35.9 Å². The van der Waals surface area contributed by atoms with Crippen LogP contribution >= 0.6 is 0 Å². The van der Waals surface area contributed by atoms with Crippen LogP contribution in [0.5, 0.6) is 17.2 Å². The van der Waals surface area contributed by atoms with E-state index in [1.54, 1.807) is 26.8 Å². The van der Waals surface area contributed by atoms with Gasteiger partial charge in [-0.2, -0.15) is 0 Å². The number of ether oxygens (including phenoxy) is 4. The number of methoxy groups -OCH3 is 1. The van der Waals surface area contributed by atoms with Gasteiger partial charge in [0.05, 0.1) is 30.5 Å². The number of H-pyrrole nitrogens is 1. The number of allylic oxidation sites excluding steroid dienone is 3. The number of fused-ring (bicyclic) bond motifs is 3. The Morgan fingerprint density at radius 1 is 1.17 bits per heavy atom. The van der Waals surface area contributed by atoms with Gasteiger partial charge in [-0.05, 0) is 62.8 Å². The van der Waals surface area contributed by atoms with Crippen molar-refractivity contribution in [2.45, 2.75) is 64.1 Å². The number of Topliss-reactive ketones (excluding diaryl/α,β-unsaturated/α-hetero) is 1. The number of hydrogen-bond donors (Lipinski definition) is 2. The molecule has 0 saturated heterocycles. The smallest absolute Gasteiger partial charge is 0.375 e. The molecule has 1 fully saturated rings. The van der Waals surface area contributed by atoms with Crippen molar-refractivity contribution in [2.24, 2.45) is 0 Å². The second-order valence-electron chi connectivity index (χ2n) is 11.4. The van der Waals surface area contributed by atoms with E-state index in [1.165, 1.54) is 7.11 Å². The lowest BCUT2D eigenvalue weighted by Crippen LogP contribution is -2.39. The average Bonchev–Trinajstić information content (AvgIpc) is 3.62. The number of carbonyl (C=O) groups excluding carboxylic acids is 3. The van der Waals surface area contributed by atoms with E-state index in [0.717, 1.165) is 27.6 Å². The number of esters is 1. The molecule has 0 unspecified atom stereocenters. The van der Waals surface area contributed by atoms with E-state index >= 15 is 0 Å². The number of aldehydes is 1. The maximum absolute atomic E-state index is 13.3. The summed E-state index contributed by atoms with van der Waals surface area (Å²) >= 11 is 0. The van der Waals surface area contributed by atoms with Crippen LogP contribution in [0.25, 0.3) is 16.5 Å². The number of rotatable bonds is 6. The summed E-state index contributed by atoms with van der Waals surface area (Å²) in [5.41, 5.74) is 3.41. The van der Waals surface area contributed by atoms with Crippen LogP contribution in [0.3, 0.4) is 0 Å². The van der Waals surface area contributed by atoms with Crippen LogP contribution in [0.4, 0.5) is 0 Å². The number of aromatic nitrogens is 1. The Bertz CT molecular complexity index is 1690. The summed E-state index contributed by atoms with van der Waals surface area (Å²) < 4.78 is 23.4. The first-order valence-corrected chi connectivity index (χ1v) is 14.1. The van der Waals surface area contributed by atoms with Gasteiger partial charge in [0.2, 0.25) is 5.76 Å². The molecule has 6 rings (SSSR count). The zero-order valence-corrected chi connectivity index (χ0v) is 24.0. The van der Waals surface area contributed by atoms with Gasteiger partial charge in [0.25, 0.3) is 0 Å². The maximum atomic E-state index is 13.3. The second-order valence-corrected chi connectivity index (χ2v) is 11.4. The number of carbonyl (C=O) groups is 3. The fourth-order valence-corrected chi connectivity index (χ4v) is 6.24. The molecular formula is C33H33NO8. The fraction of sp³-hybridized carbons (Fsp3) is 0.364. The topological polar surface area (TPSA) is 124 Å². The van der Waals surface area contributed by atoms with Crippen LogP contribution < -0.4 is 14.2 Å². The standard InChI is InChI=1S/C33H33NO8/c1-5-40-32(37)31-22(16-35)28(19-7-9-24(36)20(13-19)17-6-8-23-18(12-17)10-11-34-23)29-26(42-31)15-25-21(30(29)39-4)14-27(41-25)33(2,3)38/h6,8,10-12,15-16,20,27,34,38H,5,7,9,13-14H2,1-4H3/b28-19-/t20-,27-/m0/s1. The summed E-state index contributed by atoms with van der Waals surface area (Å²) in [5, 5.41) is 11.7. The average molecular weight is 572 g/mol. The molecule has 1 aliphatic carbocycles. The highest BCUT2D eigenvalue weighted by atomic mass is 16.6. The van der Waals surface area contributed by atoms with Gasteiger partial charge in [0, 0.05) is 47.7 Å². The van der Waals surface area contributed by atoms with Gasteiger partial charge >= 0.3 is 5.97 Å². The van der Waals surface area contributed by atoms with Gasteiger partial charge in [0.15, 0.2) is 6.29 Å². The summed E-state index contributed by atoms with van der Waals surface area (Å²) in [7, 11) is 1.53. The fourth-order valence-electron chi connectivity index (χ4n) is 6.24. The Balaban J connectivity index is 1.55. The number of aromatic amines is 1. The molecule has 1 aromatic heterocycles. The monoisotopic (exact) mass is 571 g/mol. The van der Waals surface area contributed by atoms with Crippen LogP contribution in [0.2, 0.25) is 0 Å². The summed E-state index contributed by atoms with van der Waals surface area (Å²) in [5.74, 6) is -0.0966. The van der Waals surface area contributed by atoms with Crippen molar-refractivity contribution in [2.75, 3.05) is 13.7 Å². The van der Waals surface area contributed by atoms with Crippen molar-refractivity contribution in [1.29, 1.82) is 0 Å². The molecule has 218 valence electrons. The van der Waals surface area contributed by atoms with Crippen LogP contribution in [-0.2, 0) is 25.5 Å². The van der Waals surface area contributed by atoms with Gasteiger partial charge < -0.3 is 29.0 Å². The van der Waals surface area contributed by atoms with E-state index in [0.29, 0.717) is 48.2 Å². The zero-order chi connectivity index (χ0) is 29.8. The van der Waals surface area contributed by atoms with Crippen LogP contribution in [0.1, 0.15) is 62.6 Å². The van der Waals surface area contributed by atoms with Crippen molar-refractivity contribution < 1.29 is 38.4 Å². The van der Waals surface area contributed by atoms with Crippen molar-refractivity contribution >= 4 is 34.5 Å². The van der Waals surface area contributed by atoms with Gasteiger partial charge in [-0.3, -0.25) is 9.59 Å². The Morgan fingerprint density at radius 3 is 2.69 bits per heavy atom. The predicted molar refractivity (Wildman–Crippen MR) is 155 cm³/mol. The molecule has 0 bridgehead atoms. The third kappa shape index (κ3) is 4.58. The molecule has 1 saturated carbocycles. The largest absolute Gasteiger partial charge is 0.496 e. The van der Waals surface area contributed by atoms with Crippen molar-refractivity contribution in [3.8, 4) is 17.2 Å². The molecule has 2 atom stereocenters. The van der Waals surface area contributed by atoms with Crippen LogP contribution in [0, 0.1) is 0 Å². The van der Waals surface area contributed by atoms with Crippen molar-refractivity contribution in [1.82, 2.24) is 4.98 Å². The lowest BCUT2D eigenvalue weighted by atomic mass is 9.75. The molecular weight excluding hydrogens is 538 g/mol. The normalized spacial score (nSPS) is 21.9. The molecule has 0 amide bonds. The van der Waals surface area contributed by atoms with Crippen molar-refractivity contribution in [3.05, 3.63) is 70.1 Å². The summed E-state index contributed by atoms with van der Waals surface area (Å²) in [6.07, 6.45) is 3.36. The highest BCUT2D eigenvalue weighted by Crippen LogP contribution is 2.54. The van der Waals surface area contributed by atoms with Gasteiger partial charge in [0.1, 0.15) is 29.1 Å². The number of benzene rings is 2. The van der Waals surface area contributed by atoms with Gasteiger partial charge in [-0.15, -0.1) is 0 Å². The minimum Gasteiger partial charge on any atom is -0.496 e. The van der Waals surface area contributed by atoms with E-state index < -0.39 is 23.6 Å². The van der Waals surface area contributed by atoms with E-state index in [2.05, 4.69) is 4.98 Å². The first kappa shape index (κ1) is 27.8. The van der Waals surface area contributed by atoms with Crippen LogP contribution in [0.15, 0.2) is 53.4 Å². The highest BCUT2D eigenvalue weighted by molar-refractivity contribution is 6.10. The van der Waals surface area contributed by atoms with Crippen LogP contribution in [-0.4, -0.2) is 53.6 Å². The second kappa shape index (κ2) is 10.5. The third-order valence-electron chi connectivity index (χ3n) is 8.36. The molecule has 2 N–H and O–H groups in total. The number of ketones is 1. The lowest BCUT2D eigenvalue weighted by molar-refractivity contribution is -0.141. The zero-order valence-electron chi connectivity index (χ0n) is 24.0. The molecule has 9 heteroatoms. The van der Waals surface area contributed by atoms with Gasteiger partial charge in [-0.25, -0.2) is 4.79 Å². The maximum Gasteiger partial charge on any atom is 0.375 e. The molecule has 3 aromatic rings. The Labute approximate surface area is 243 Å². The number of aliphatic hydroxyl groups is 1. The van der Waals surface area contributed by atoms with Crippen molar-refractivity contribution in [3.63, 3.8) is 0 Å². The minimum atomic E-state index is -1.13. The first-order chi connectivity index (χ1) is 20.1. The Hall–Kier alpha value is -4.37. The van der Waals surface area contributed by atoms with Gasteiger partial charge in [-0.1, -0.05) is 11.6 Å². The van der Waals surface area contributed by atoms with E-state index in [1.807, 2.05) is 30.5 Å². The molecule has 0 spiro atoms. The molecule has 42 heavy (non-hydrogen) atoms. The molecule has 3 aliphatic rings. The van der Waals surface area contributed by atoms with E-state index in [9.17, 15) is 19.5 Å². The Kier molecular flexibility index (Phi) is 6.93. The highest BCUT2D eigenvalue weighted by Gasteiger charge is 2.42. The third-order valence-corrected chi connectivity index (χ3v) is 8.36. The lowest BCUT2D eigenvalue weighted by Gasteiger charge is -2.31. The number of nitrogens with one attached hydrogen (secondary N) is 1.